The highest BCUT2D eigenvalue weighted by atomic mass is 16.4. The summed E-state index contributed by atoms with van der Waals surface area (Å²) in [5.41, 5.74) is 5.47. The molecule has 0 saturated heterocycles. The zero-order valence-electron chi connectivity index (χ0n) is 20.7. The number of nitriles is 2. The molecule has 0 unspecified atom stereocenters. The van der Waals surface area contributed by atoms with Gasteiger partial charge in [0.15, 0.2) is 0 Å². The largest absolute Gasteiger partial charge is 0.465 e. The van der Waals surface area contributed by atoms with E-state index in [-0.39, 0.29) is 0 Å². The number of hydrogen-bond acceptors (Lipinski definition) is 6. The summed E-state index contributed by atoms with van der Waals surface area (Å²) in [4.78, 5) is 26.0. The van der Waals surface area contributed by atoms with Crippen molar-refractivity contribution in [2.24, 2.45) is 12.0 Å². The van der Waals surface area contributed by atoms with E-state index >= 15 is 0 Å². The monoisotopic (exact) mass is 492 g/mol. The average molecular weight is 493 g/mol. The Morgan fingerprint density at radius 1 is 1.16 bits per heavy atom. The minimum atomic E-state index is -0.920. The summed E-state index contributed by atoms with van der Waals surface area (Å²) in [7, 11) is 1.83. The number of nitrogens with zero attached hydrogens (tertiary/aromatic N) is 8. The number of carbonyl (C=O) groups is 1. The molecule has 1 aromatic carbocycles. The van der Waals surface area contributed by atoms with E-state index in [1.807, 2.05) is 66.6 Å². The van der Waals surface area contributed by atoms with Crippen LogP contribution in [0.3, 0.4) is 0 Å². The van der Waals surface area contributed by atoms with Crippen molar-refractivity contribution in [3.8, 4) is 17.9 Å². The van der Waals surface area contributed by atoms with E-state index < -0.39 is 11.5 Å². The van der Waals surface area contributed by atoms with Gasteiger partial charge >= 0.3 is 6.09 Å². The summed E-state index contributed by atoms with van der Waals surface area (Å²) in [6.45, 7) is 4.41. The first kappa shape index (κ1) is 23.8. The van der Waals surface area contributed by atoms with Gasteiger partial charge in [-0.3, -0.25) is 14.5 Å². The third-order valence-corrected chi connectivity index (χ3v) is 6.83. The summed E-state index contributed by atoms with van der Waals surface area (Å²) in [5.74, 6) is 0. The quantitative estimate of drug-likeness (QED) is 0.431. The van der Waals surface area contributed by atoms with Crippen LogP contribution in [0.1, 0.15) is 31.5 Å². The fraction of sp³-hybridized carbons (Fsp3) is 0.259. The van der Waals surface area contributed by atoms with E-state index in [4.69, 9.17) is 0 Å². The highest BCUT2D eigenvalue weighted by Crippen LogP contribution is 2.30. The van der Waals surface area contributed by atoms with Gasteiger partial charge in [0.2, 0.25) is 11.8 Å². The second-order valence-corrected chi connectivity index (χ2v) is 9.48. The second kappa shape index (κ2) is 8.92. The molecule has 37 heavy (non-hydrogen) atoms. The molecule has 1 N–H and O–H groups in total. The Balaban J connectivity index is 1.75. The van der Waals surface area contributed by atoms with Gasteiger partial charge in [-0.2, -0.15) is 10.5 Å². The molecule has 1 aliphatic rings. The Kier molecular flexibility index (Phi) is 5.73. The summed E-state index contributed by atoms with van der Waals surface area (Å²) in [6, 6.07) is 12.0. The van der Waals surface area contributed by atoms with E-state index in [0.29, 0.717) is 36.5 Å². The average Bonchev–Trinajstić information content (AvgIpc) is 3.20. The van der Waals surface area contributed by atoms with Crippen molar-refractivity contribution >= 4 is 33.6 Å². The maximum absolute atomic E-state index is 11.3. The lowest BCUT2D eigenvalue weighted by molar-refractivity contribution is 0.150. The molecular weight excluding hydrogens is 468 g/mol. The first-order valence-electron chi connectivity index (χ1n) is 11.7. The van der Waals surface area contributed by atoms with E-state index in [1.165, 1.54) is 4.90 Å². The van der Waals surface area contributed by atoms with Crippen LogP contribution < -0.4 is 5.62 Å². The Labute approximate surface area is 212 Å². The lowest BCUT2D eigenvalue weighted by Crippen LogP contribution is -2.33. The number of amides is 1. The van der Waals surface area contributed by atoms with Crippen LogP contribution in [0, 0.1) is 22.8 Å². The highest BCUT2D eigenvalue weighted by molar-refractivity contribution is 6.04. The van der Waals surface area contributed by atoms with Crippen LogP contribution in [-0.4, -0.2) is 48.3 Å². The predicted octanol–water partition coefficient (Wildman–Crippen LogP) is 3.86. The van der Waals surface area contributed by atoms with Gasteiger partial charge in [-0.15, -0.1) is 4.99 Å². The molecule has 4 heterocycles. The zero-order chi connectivity index (χ0) is 26.3. The first-order valence-corrected chi connectivity index (χ1v) is 11.7. The van der Waals surface area contributed by atoms with Gasteiger partial charge in [0.1, 0.15) is 0 Å². The van der Waals surface area contributed by atoms with Crippen LogP contribution in [0.2, 0.25) is 0 Å². The van der Waals surface area contributed by atoms with Gasteiger partial charge in [-0.25, -0.2) is 4.79 Å². The Morgan fingerprint density at radius 2 is 1.97 bits per heavy atom. The zero-order valence-corrected chi connectivity index (χ0v) is 20.7. The molecule has 184 valence electrons. The fourth-order valence-electron chi connectivity index (χ4n) is 4.67. The van der Waals surface area contributed by atoms with Crippen LogP contribution in [0.15, 0.2) is 53.8 Å². The summed E-state index contributed by atoms with van der Waals surface area (Å²) in [6.07, 6.45) is 6.99. The number of imidazole rings is 1. The van der Waals surface area contributed by atoms with E-state index in [9.17, 15) is 20.4 Å². The molecule has 0 aliphatic carbocycles. The molecule has 1 aliphatic heterocycles. The smallest absolute Gasteiger partial charge is 0.407 e. The van der Waals surface area contributed by atoms with Crippen molar-refractivity contribution in [2.75, 3.05) is 13.1 Å². The minimum absolute atomic E-state index is 0.346. The normalized spacial score (nSPS) is 14.5. The van der Waals surface area contributed by atoms with Gasteiger partial charge in [-0.1, -0.05) is 12.1 Å². The van der Waals surface area contributed by atoms with E-state index in [2.05, 4.69) is 27.1 Å². The maximum Gasteiger partial charge on any atom is 0.407 e. The van der Waals surface area contributed by atoms with E-state index in [1.54, 1.807) is 12.4 Å². The van der Waals surface area contributed by atoms with Gasteiger partial charge in [0.25, 0.3) is 0 Å². The SMILES string of the molecule is Cn1c(=NC#N)n(-c2ccc(C(C)(C)C#N)nc2)c2c3cc(C4=CCN(C(=O)O)CC4)ccc3ncc21. The second-order valence-electron chi connectivity index (χ2n) is 9.48. The molecular formula is C27H24N8O2. The topological polar surface area (TPSA) is 136 Å². The Bertz CT molecular complexity index is 1740. The fourth-order valence-corrected chi connectivity index (χ4v) is 4.67. The molecule has 3 aromatic heterocycles. The lowest BCUT2D eigenvalue weighted by Gasteiger charge is -2.24. The highest BCUT2D eigenvalue weighted by Gasteiger charge is 2.23. The molecule has 5 rings (SSSR count). The molecule has 4 aromatic rings. The minimum Gasteiger partial charge on any atom is -0.465 e. The first-order chi connectivity index (χ1) is 17.7. The number of hydrogen-bond donors (Lipinski definition) is 1. The molecule has 0 atom stereocenters. The van der Waals surface area contributed by atoms with Gasteiger partial charge in [0.05, 0.1) is 51.8 Å². The number of carboxylic acid groups (broad SMARTS) is 1. The van der Waals surface area contributed by atoms with Crippen molar-refractivity contribution in [2.45, 2.75) is 25.7 Å². The van der Waals surface area contributed by atoms with E-state index in [0.717, 1.165) is 33.1 Å². The molecule has 0 saturated carbocycles. The summed E-state index contributed by atoms with van der Waals surface area (Å²) >= 11 is 0. The molecule has 10 heteroatoms. The van der Waals surface area contributed by atoms with Crippen molar-refractivity contribution < 1.29 is 9.90 Å². The van der Waals surface area contributed by atoms with Gasteiger partial charge in [-0.05, 0) is 55.7 Å². The van der Waals surface area contributed by atoms with Crippen LogP contribution in [0.5, 0.6) is 0 Å². The Hall–Kier alpha value is -4.96. The summed E-state index contributed by atoms with van der Waals surface area (Å²) in [5, 5.41) is 29.1. The van der Waals surface area contributed by atoms with Crippen molar-refractivity contribution in [1.82, 2.24) is 24.0 Å². The van der Waals surface area contributed by atoms with Crippen molar-refractivity contribution in [3.63, 3.8) is 0 Å². The molecule has 0 fully saturated rings. The number of fused-ring (bicyclic) bond motifs is 3. The molecule has 1 amide bonds. The predicted molar refractivity (Wildman–Crippen MR) is 137 cm³/mol. The molecule has 0 spiro atoms. The number of rotatable bonds is 3. The number of pyridine rings is 2. The lowest BCUT2D eigenvalue weighted by atomic mass is 9.91. The standard InChI is InChI=1S/C27H24N8O2/c1-27(2,15-28)23-7-5-19(13-31-23)35-24-20-12-18(17-8-10-34(11-9-17)26(36)37)4-6-21(20)30-14-22(24)33(3)25(35)32-16-29/h4-8,12-14H,9-11H2,1-3H3,(H,36,37). The number of aryl methyl sites for hydroxylation is 1. The molecule has 10 nitrogen and oxygen atoms in total. The van der Waals surface area contributed by atoms with Crippen molar-refractivity contribution in [1.29, 1.82) is 10.5 Å². The number of aromatic nitrogens is 4. The van der Waals surface area contributed by atoms with Crippen LogP contribution in [-0.2, 0) is 12.5 Å². The maximum atomic E-state index is 11.3. The summed E-state index contributed by atoms with van der Waals surface area (Å²) < 4.78 is 3.69. The molecule has 0 bridgehead atoms. The number of benzene rings is 1. The third kappa shape index (κ3) is 3.99. The molecule has 0 radical (unpaired) electrons. The van der Waals surface area contributed by atoms with Crippen LogP contribution >= 0.6 is 0 Å². The Morgan fingerprint density at radius 3 is 2.59 bits per heavy atom. The van der Waals surface area contributed by atoms with Gasteiger partial charge in [0, 0.05) is 25.5 Å². The van der Waals surface area contributed by atoms with Gasteiger partial charge < -0.3 is 14.6 Å². The third-order valence-electron chi connectivity index (χ3n) is 6.83. The van der Waals surface area contributed by atoms with Crippen LogP contribution in [0.25, 0.3) is 33.2 Å². The van der Waals surface area contributed by atoms with Crippen LogP contribution in [0.4, 0.5) is 4.79 Å². The van der Waals surface area contributed by atoms with Crippen molar-refractivity contribution in [3.05, 3.63) is 65.7 Å².